The molecule has 1 aromatic carbocycles. The van der Waals surface area contributed by atoms with E-state index in [9.17, 15) is 8.42 Å². The van der Waals surface area contributed by atoms with Crippen LogP contribution in [0.5, 0.6) is 0 Å². The van der Waals surface area contributed by atoms with E-state index in [-0.39, 0.29) is 11.7 Å². The SMILES string of the molecule is CCc1cc(NS(=O)(=O)CC(C)c2ccccc2)n[nH]1. The van der Waals surface area contributed by atoms with Gasteiger partial charge in [0.05, 0.1) is 5.75 Å². The first kappa shape index (κ1) is 14.6. The molecule has 0 amide bonds. The number of anilines is 1. The minimum absolute atomic E-state index is 0.0331. The number of sulfonamides is 1. The lowest BCUT2D eigenvalue weighted by molar-refractivity contribution is 0.595. The average Bonchev–Trinajstić information content (AvgIpc) is 2.86. The molecule has 0 aliphatic carbocycles. The van der Waals surface area contributed by atoms with E-state index in [1.165, 1.54) is 0 Å². The van der Waals surface area contributed by atoms with Crippen LogP contribution in [-0.2, 0) is 16.4 Å². The Bertz CT molecular complexity index is 650. The minimum atomic E-state index is -3.41. The van der Waals surface area contributed by atoms with Gasteiger partial charge in [-0.3, -0.25) is 9.82 Å². The van der Waals surface area contributed by atoms with Gasteiger partial charge in [0.15, 0.2) is 5.82 Å². The Labute approximate surface area is 119 Å². The molecule has 2 aromatic rings. The van der Waals surface area contributed by atoms with Crippen LogP contribution in [0.4, 0.5) is 5.82 Å². The second-order valence-corrected chi connectivity index (χ2v) is 6.59. The molecule has 0 saturated heterocycles. The van der Waals surface area contributed by atoms with Crippen molar-refractivity contribution in [3.05, 3.63) is 47.7 Å². The number of aryl methyl sites for hydroxylation is 1. The molecule has 1 aromatic heterocycles. The molecule has 1 heterocycles. The summed E-state index contributed by atoms with van der Waals surface area (Å²) < 4.78 is 26.7. The second kappa shape index (κ2) is 6.09. The Morgan fingerprint density at radius 3 is 2.60 bits per heavy atom. The first-order valence-corrected chi connectivity index (χ1v) is 8.25. The van der Waals surface area contributed by atoms with Crippen LogP contribution in [0.3, 0.4) is 0 Å². The maximum absolute atomic E-state index is 12.1. The van der Waals surface area contributed by atoms with E-state index >= 15 is 0 Å². The summed E-state index contributed by atoms with van der Waals surface area (Å²) in [5, 5.41) is 6.72. The molecule has 2 N–H and O–H groups in total. The number of aromatic amines is 1. The highest BCUT2D eigenvalue weighted by Gasteiger charge is 2.18. The number of hydrogen-bond donors (Lipinski definition) is 2. The predicted molar refractivity (Wildman–Crippen MR) is 80.2 cm³/mol. The number of rotatable bonds is 6. The Morgan fingerprint density at radius 2 is 2.00 bits per heavy atom. The van der Waals surface area contributed by atoms with Crippen molar-refractivity contribution < 1.29 is 8.42 Å². The number of benzene rings is 1. The van der Waals surface area contributed by atoms with E-state index in [0.29, 0.717) is 5.82 Å². The highest BCUT2D eigenvalue weighted by atomic mass is 32.2. The third kappa shape index (κ3) is 3.84. The molecular formula is C14H19N3O2S. The zero-order valence-electron chi connectivity index (χ0n) is 11.6. The normalized spacial score (nSPS) is 13.1. The summed E-state index contributed by atoms with van der Waals surface area (Å²) in [6, 6.07) is 11.3. The van der Waals surface area contributed by atoms with E-state index < -0.39 is 10.0 Å². The lowest BCUT2D eigenvalue weighted by Crippen LogP contribution is -2.20. The van der Waals surface area contributed by atoms with E-state index in [2.05, 4.69) is 14.9 Å². The molecule has 0 radical (unpaired) electrons. The standard InChI is InChI=1S/C14H19N3O2S/c1-3-13-9-14(16-15-13)17-20(18,19)10-11(2)12-7-5-4-6-8-12/h4-9,11H,3,10H2,1-2H3,(H2,15,16,17). The van der Waals surface area contributed by atoms with Gasteiger partial charge in [-0.05, 0) is 17.9 Å². The van der Waals surface area contributed by atoms with Gasteiger partial charge in [-0.1, -0.05) is 44.2 Å². The number of nitrogens with zero attached hydrogens (tertiary/aromatic N) is 1. The van der Waals surface area contributed by atoms with Crippen LogP contribution < -0.4 is 4.72 Å². The van der Waals surface area contributed by atoms with Gasteiger partial charge in [0.2, 0.25) is 10.0 Å². The van der Waals surface area contributed by atoms with Gasteiger partial charge in [-0.25, -0.2) is 8.42 Å². The Hall–Kier alpha value is -1.82. The molecule has 6 heteroatoms. The lowest BCUT2D eigenvalue weighted by atomic mass is 10.0. The summed E-state index contributed by atoms with van der Waals surface area (Å²) >= 11 is 0. The van der Waals surface area contributed by atoms with Gasteiger partial charge in [0, 0.05) is 11.8 Å². The fourth-order valence-electron chi connectivity index (χ4n) is 2.00. The number of H-pyrrole nitrogens is 1. The van der Waals surface area contributed by atoms with Crippen molar-refractivity contribution in [3.63, 3.8) is 0 Å². The van der Waals surface area contributed by atoms with Crippen molar-refractivity contribution in [1.82, 2.24) is 10.2 Å². The third-order valence-corrected chi connectivity index (χ3v) is 4.57. The minimum Gasteiger partial charge on any atom is -0.280 e. The number of nitrogens with one attached hydrogen (secondary N) is 2. The van der Waals surface area contributed by atoms with Gasteiger partial charge >= 0.3 is 0 Å². The summed E-state index contributed by atoms with van der Waals surface area (Å²) in [6.07, 6.45) is 0.787. The van der Waals surface area contributed by atoms with E-state index in [1.54, 1.807) is 6.07 Å². The lowest BCUT2D eigenvalue weighted by Gasteiger charge is -2.12. The predicted octanol–water partition coefficient (Wildman–Crippen LogP) is 2.52. The van der Waals surface area contributed by atoms with Crippen LogP contribution in [0.15, 0.2) is 36.4 Å². The van der Waals surface area contributed by atoms with Crippen LogP contribution in [0.2, 0.25) is 0 Å². The molecule has 0 aliphatic rings. The molecule has 0 bridgehead atoms. The van der Waals surface area contributed by atoms with Gasteiger partial charge in [0.1, 0.15) is 0 Å². The average molecular weight is 293 g/mol. The molecule has 0 fully saturated rings. The van der Waals surface area contributed by atoms with Crippen molar-refractivity contribution in [1.29, 1.82) is 0 Å². The Morgan fingerprint density at radius 1 is 1.30 bits per heavy atom. The maximum atomic E-state index is 12.1. The summed E-state index contributed by atoms with van der Waals surface area (Å²) in [4.78, 5) is 0. The molecule has 0 aliphatic heterocycles. The van der Waals surface area contributed by atoms with Crippen LogP contribution in [-0.4, -0.2) is 24.4 Å². The highest BCUT2D eigenvalue weighted by molar-refractivity contribution is 7.92. The second-order valence-electron chi connectivity index (χ2n) is 4.83. The quantitative estimate of drug-likeness (QED) is 0.859. The van der Waals surface area contributed by atoms with E-state index in [4.69, 9.17) is 0 Å². The molecule has 1 unspecified atom stereocenters. The topological polar surface area (TPSA) is 74.8 Å². The smallest absolute Gasteiger partial charge is 0.234 e. The molecule has 20 heavy (non-hydrogen) atoms. The van der Waals surface area contributed by atoms with Crippen LogP contribution in [0.25, 0.3) is 0 Å². The fourth-order valence-corrected chi connectivity index (χ4v) is 3.36. The summed E-state index contributed by atoms with van der Waals surface area (Å²) in [7, 11) is -3.41. The van der Waals surface area contributed by atoms with Gasteiger partial charge in [-0.2, -0.15) is 5.10 Å². The molecule has 5 nitrogen and oxygen atoms in total. The van der Waals surface area contributed by atoms with Crippen molar-refractivity contribution in [3.8, 4) is 0 Å². The van der Waals surface area contributed by atoms with Crippen LogP contribution >= 0.6 is 0 Å². The molecular weight excluding hydrogens is 274 g/mol. The summed E-state index contributed by atoms with van der Waals surface area (Å²) in [5.74, 6) is 0.311. The van der Waals surface area contributed by atoms with Crippen molar-refractivity contribution in [2.75, 3.05) is 10.5 Å². The first-order chi connectivity index (χ1) is 9.50. The highest BCUT2D eigenvalue weighted by Crippen LogP contribution is 2.18. The van der Waals surface area contributed by atoms with Crippen molar-refractivity contribution in [2.24, 2.45) is 0 Å². The van der Waals surface area contributed by atoms with Crippen molar-refractivity contribution >= 4 is 15.8 Å². The van der Waals surface area contributed by atoms with Gasteiger partial charge < -0.3 is 0 Å². The maximum Gasteiger partial charge on any atom is 0.234 e. The number of hydrogen-bond acceptors (Lipinski definition) is 3. The zero-order valence-corrected chi connectivity index (χ0v) is 12.4. The van der Waals surface area contributed by atoms with Crippen molar-refractivity contribution in [2.45, 2.75) is 26.2 Å². The van der Waals surface area contributed by atoms with Gasteiger partial charge in [0.25, 0.3) is 0 Å². The van der Waals surface area contributed by atoms with Crippen LogP contribution in [0.1, 0.15) is 31.0 Å². The van der Waals surface area contributed by atoms with E-state index in [1.807, 2.05) is 44.2 Å². The zero-order chi connectivity index (χ0) is 14.6. The van der Waals surface area contributed by atoms with Gasteiger partial charge in [-0.15, -0.1) is 0 Å². The molecule has 108 valence electrons. The molecule has 0 saturated carbocycles. The molecule has 1 atom stereocenters. The summed E-state index contributed by atoms with van der Waals surface area (Å²) in [6.45, 7) is 3.87. The first-order valence-electron chi connectivity index (χ1n) is 6.60. The fraction of sp³-hybridized carbons (Fsp3) is 0.357. The monoisotopic (exact) mass is 293 g/mol. The summed E-state index contributed by atoms with van der Waals surface area (Å²) in [5.41, 5.74) is 1.91. The Kier molecular flexibility index (Phi) is 4.44. The molecule has 2 rings (SSSR count). The van der Waals surface area contributed by atoms with E-state index in [0.717, 1.165) is 17.7 Å². The Balaban J connectivity index is 2.04. The van der Waals surface area contributed by atoms with Crippen LogP contribution in [0, 0.1) is 0 Å². The largest absolute Gasteiger partial charge is 0.280 e. The number of aromatic nitrogens is 2. The molecule has 0 spiro atoms. The third-order valence-electron chi connectivity index (χ3n) is 3.11.